The van der Waals surface area contributed by atoms with Gasteiger partial charge in [0.2, 0.25) is 0 Å². The Morgan fingerprint density at radius 1 is 1.16 bits per heavy atom. The molecule has 0 amide bonds. The van der Waals surface area contributed by atoms with Crippen LogP contribution in [-0.4, -0.2) is 29.4 Å². The maximum Gasteiger partial charge on any atom is 0.277 e. The fourth-order valence-corrected chi connectivity index (χ4v) is 4.59. The number of rotatable bonds is 7. The summed E-state index contributed by atoms with van der Waals surface area (Å²) in [6, 6.07) is 14.1. The zero-order valence-corrected chi connectivity index (χ0v) is 19.4. The topological polar surface area (TPSA) is 65.4 Å². The lowest BCUT2D eigenvalue weighted by Crippen LogP contribution is -2.32. The molecule has 0 saturated heterocycles. The minimum atomic E-state index is -0.0850. The van der Waals surface area contributed by atoms with Crippen molar-refractivity contribution in [3.05, 3.63) is 75.2 Å². The van der Waals surface area contributed by atoms with Gasteiger partial charge in [-0.2, -0.15) is 0 Å². The summed E-state index contributed by atoms with van der Waals surface area (Å²) in [4.78, 5) is 18.5. The number of hydrogen-bond acceptors (Lipinski definition) is 5. The smallest absolute Gasteiger partial charge is 0.277 e. The Morgan fingerprint density at radius 2 is 1.94 bits per heavy atom. The third kappa shape index (κ3) is 3.91. The number of hydrogen-bond donors (Lipinski definition) is 1. The second kappa shape index (κ2) is 9.17. The Morgan fingerprint density at radius 3 is 2.62 bits per heavy atom. The monoisotopic (exact) mass is 433 g/mol. The molecule has 1 N–H and O–H groups in total. The van der Waals surface area contributed by atoms with E-state index in [0.717, 1.165) is 23.3 Å². The fraction of sp³-hybridized carbons (Fsp3) is 0.385. The summed E-state index contributed by atoms with van der Waals surface area (Å²) in [5, 5.41) is 3.51. The summed E-state index contributed by atoms with van der Waals surface area (Å²) in [5.74, 6) is 1.46. The maximum atomic E-state index is 13.6. The fourth-order valence-electron chi connectivity index (χ4n) is 4.59. The van der Waals surface area contributed by atoms with E-state index in [1.54, 1.807) is 11.7 Å². The van der Waals surface area contributed by atoms with E-state index in [0.29, 0.717) is 30.4 Å². The number of ether oxygens (including phenoxy) is 2. The second-order valence-corrected chi connectivity index (χ2v) is 8.14. The largest absolute Gasteiger partial charge is 0.497 e. The first-order chi connectivity index (χ1) is 15.5. The highest BCUT2D eigenvalue weighted by Gasteiger charge is 2.34. The highest BCUT2D eigenvalue weighted by molar-refractivity contribution is 5.64. The van der Waals surface area contributed by atoms with Crippen LogP contribution < -0.4 is 15.6 Å². The van der Waals surface area contributed by atoms with Gasteiger partial charge in [-0.3, -0.25) is 9.36 Å². The van der Waals surface area contributed by atoms with E-state index < -0.39 is 0 Å². The molecule has 6 heteroatoms. The Hall–Kier alpha value is -3.12. The molecule has 168 valence electrons. The van der Waals surface area contributed by atoms with Gasteiger partial charge in [-0.25, -0.2) is 4.98 Å². The van der Waals surface area contributed by atoms with Crippen molar-refractivity contribution < 1.29 is 9.47 Å². The molecule has 6 nitrogen and oxygen atoms in total. The first-order valence-corrected chi connectivity index (χ1v) is 11.2. The molecule has 3 aromatic rings. The summed E-state index contributed by atoms with van der Waals surface area (Å²) in [6.45, 7) is 9.03. The number of anilines is 1. The van der Waals surface area contributed by atoms with Crippen LogP contribution in [0.3, 0.4) is 0 Å². The molecule has 1 aliphatic carbocycles. The van der Waals surface area contributed by atoms with Gasteiger partial charge in [0.1, 0.15) is 17.3 Å². The highest BCUT2D eigenvalue weighted by Crippen LogP contribution is 2.36. The van der Waals surface area contributed by atoms with E-state index in [1.165, 1.54) is 11.1 Å². The molecule has 0 aliphatic heterocycles. The molecule has 1 aliphatic rings. The summed E-state index contributed by atoms with van der Waals surface area (Å²) in [5.41, 5.74) is 5.54. The molecule has 32 heavy (non-hydrogen) atoms. The van der Waals surface area contributed by atoms with Crippen LogP contribution >= 0.6 is 0 Å². The number of nitrogens with one attached hydrogen (secondary N) is 1. The number of nitrogens with zero attached hydrogens (tertiary/aromatic N) is 2. The van der Waals surface area contributed by atoms with Crippen molar-refractivity contribution in [1.29, 1.82) is 0 Å². The van der Waals surface area contributed by atoms with E-state index in [2.05, 4.69) is 17.4 Å². The van der Waals surface area contributed by atoms with E-state index in [9.17, 15) is 4.79 Å². The lowest BCUT2D eigenvalue weighted by Gasteiger charge is -2.24. The molecule has 2 aromatic carbocycles. The quantitative estimate of drug-likeness (QED) is 0.587. The van der Waals surface area contributed by atoms with Crippen LogP contribution in [0.2, 0.25) is 0 Å². The van der Waals surface area contributed by atoms with Gasteiger partial charge in [0, 0.05) is 25.1 Å². The van der Waals surface area contributed by atoms with Crippen molar-refractivity contribution in [3.63, 3.8) is 0 Å². The molecule has 1 aromatic heterocycles. The van der Waals surface area contributed by atoms with Crippen molar-refractivity contribution in [3.8, 4) is 17.1 Å². The molecule has 0 bridgehead atoms. The van der Waals surface area contributed by atoms with Crippen LogP contribution in [0.1, 0.15) is 42.3 Å². The van der Waals surface area contributed by atoms with Crippen molar-refractivity contribution in [2.45, 2.75) is 52.8 Å². The standard InChI is InChI=1S/C26H31N3O3/c1-6-29-25(20-13-12-19(31-5)14-16(20)3)27-17(4)23(26(29)30)28-24-21-11-9-8-10-18(21)15-22(24)32-7-2/h8-14,22,24,28H,6-7,15H2,1-5H3/t22-,24+/m0/s1. The van der Waals surface area contributed by atoms with Gasteiger partial charge in [-0.15, -0.1) is 0 Å². The van der Waals surface area contributed by atoms with Gasteiger partial charge >= 0.3 is 0 Å². The van der Waals surface area contributed by atoms with Crippen molar-refractivity contribution in [2.75, 3.05) is 19.0 Å². The van der Waals surface area contributed by atoms with Crippen LogP contribution in [0.4, 0.5) is 5.69 Å². The molecular weight excluding hydrogens is 402 g/mol. The summed E-state index contributed by atoms with van der Waals surface area (Å²) in [7, 11) is 1.65. The maximum absolute atomic E-state index is 13.6. The summed E-state index contributed by atoms with van der Waals surface area (Å²) in [6.07, 6.45) is 0.814. The molecule has 0 unspecified atom stereocenters. The van der Waals surface area contributed by atoms with Crippen LogP contribution in [0.25, 0.3) is 11.4 Å². The van der Waals surface area contributed by atoms with Gasteiger partial charge in [0.15, 0.2) is 0 Å². The van der Waals surface area contributed by atoms with E-state index in [-0.39, 0.29) is 17.7 Å². The van der Waals surface area contributed by atoms with Crippen LogP contribution in [0.5, 0.6) is 5.75 Å². The number of aromatic nitrogens is 2. The van der Waals surface area contributed by atoms with Crippen LogP contribution in [0.15, 0.2) is 47.3 Å². The number of methoxy groups -OCH3 is 1. The normalized spacial score (nSPS) is 17.3. The van der Waals surface area contributed by atoms with E-state index in [1.807, 2.05) is 58.0 Å². The molecule has 0 saturated carbocycles. The first kappa shape index (κ1) is 22.1. The Bertz CT molecular complexity index is 1190. The van der Waals surface area contributed by atoms with Crippen molar-refractivity contribution in [2.24, 2.45) is 0 Å². The lowest BCUT2D eigenvalue weighted by molar-refractivity contribution is 0.0574. The van der Waals surface area contributed by atoms with E-state index in [4.69, 9.17) is 14.5 Å². The average molecular weight is 434 g/mol. The zero-order valence-electron chi connectivity index (χ0n) is 19.4. The molecule has 1 heterocycles. The van der Waals surface area contributed by atoms with Gasteiger partial charge in [-0.05, 0) is 62.6 Å². The highest BCUT2D eigenvalue weighted by atomic mass is 16.5. The van der Waals surface area contributed by atoms with Gasteiger partial charge < -0.3 is 14.8 Å². The number of aryl methyl sites for hydroxylation is 2. The molecule has 0 fully saturated rings. The Labute approximate surface area is 189 Å². The molecular formula is C26H31N3O3. The van der Waals surface area contributed by atoms with Crippen molar-refractivity contribution in [1.82, 2.24) is 9.55 Å². The molecule has 4 rings (SSSR count). The number of fused-ring (bicyclic) bond motifs is 1. The van der Waals surface area contributed by atoms with Gasteiger partial charge in [0.05, 0.1) is 24.9 Å². The average Bonchev–Trinajstić information content (AvgIpc) is 3.13. The predicted molar refractivity (Wildman–Crippen MR) is 128 cm³/mol. The predicted octanol–water partition coefficient (Wildman–Crippen LogP) is 4.67. The minimum absolute atomic E-state index is 0.0187. The SMILES string of the molecule is CCO[C@H]1Cc2ccccc2[C@H]1Nc1c(C)nc(-c2ccc(OC)cc2C)n(CC)c1=O. The van der Waals surface area contributed by atoms with E-state index >= 15 is 0 Å². The Kier molecular flexibility index (Phi) is 6.33. The lowest BCUT2D eigenvalue weighted by atomic mass is 10.1. The van der Waals surface area contributed by atoms with Crippen LogP contribution in [0, 0.1) is 13.8 Å². The molecule has 2 atom stereocenters. The first-order valence-electron chi connectivity index (χ1n) is 11.2. The zero-order chi connectivity index (χ0) is 22.8. The summed E-state index contributed by atoms with van der Waals surface area (Å²) < 4.78 is 13.1. The Balaban J connectivity index is 1.77. The number of benzene rings is 2. The minimum Gasteiger partial charge on any atom is -0.497 e. The van der Waals surface area contributed by atoms with Gasteiger partial charge in [0.25, 0.3) is 5.56 Å². The molecule has 0 radical (unpaired) electrons. The molecule has 0 spiro atoms. The third-order valence-electron chi connectivity index (χ3n) is 6.20. The van der Waals surface area contributed by atoms with Crippen molar-refractivity contribution >= 4 is 5.69 Å². The summed E-state index contributed by atoms with van der Waals surface area (Å²) >= 11 is 0. The van der Waals surface area contributed by atoms with Gasteiger partial charge in [-0.1, -0.05) is 24.3 Å². The third-order valence-corrected chi connectivity index (χ3v) is 6.20. The second-order valence-electron chi connectivity index (χ2n) is 8.14. The van der Waals surface area contributed by atoms with Crippen LogP contribution in [-0.2, 0) is 17.7 Å².